The molecule has 0 fully saturated rings. The van der Waals surface area contributed by atoms with Crippen LogP contribution in [0.4, 0.5) is 19.0 Å². The molecule has 0 saturated heterocycles. The van der Waals surface area contributed by atoms with Crippen molar-refractivity contribution in [3.63, 3.8) is 0 Å². The Balaban J connectivity index is 1.65. The molecule has 0 saturated carbocycles. The quantitative estimate of drug-likeness (QED) is 0.473. The highest BCUT2D eigenvalue weighted by Crippen LogP contribution is 2.46. The molecule has 5 nitrogen and oxygen atoms in total. The van der Waals surface area contributed by atoms with Crippen LogP contribution in [0.5, 0.6) is 0 Å². The predicted octanol–water partition coefficient (Wildman–Crippen LogP) is 5.86. The first-order valence-corrected chi connectivity index (χ1v) is 10.9. The molecule has 2 N–H and O–H groups in total. The lowest BCUT2D eigenvalue weighted by Crippen LogP contribution is -2.35. The largest absolute Gasteiger partial charge is 0.410 e. The topological polar surface area (TPSA) is 59.0 Å². The van der Waals surface area contributed by atoms with E-state index in [9.17, 15) is 18.0 Å². The number of hydrogen-bond donors (Lipinski definition) is 2. The van der Waals surface area contributed by atoms with E-state index in [1.165, 1.54) is 11.3 Å². The Kier molecular flexibility index (Phi) is 5.63. The van der Waals surface area contributed by atoms with Crippen molar-refractivity contribution in [3.8, 4) is 0 Å². The van der Waals surface area contributed by atoms with E-state index < -0.39 is 24.2 Å². The summed E-state index contributed by atoms with van der Waals surface area (Å²) in [5.74, 6) is -0.394. The minimum atomic E-state index is -4.50. The van der Waals surface area contributed by atoms with E-state index in [4.69, 9.17) is 0 Å². The van der Waals surface area contributed by atoms with Gasteiger partial charge in [0.05, 0.1) is 16.6 Å². The van der Waals surface area contributed by atoms with Crippen LogP contribution in [-0.4, -0.2) is 21.9 Å². The first kappa shape index (κ1) is 20.9. The monoisotopic (exact) mass is 498 g/mol. The molecule has 3 aromatic rings. The number of rotatable bonds is 4. The Bertz CT molecular complexity index is 1040. The van der Waals surface area contributed by atoms with Gasteiger partial charge in [0.1, 0.15) is 5.82 Å². The van der Waals surface area contributed by atoms with Crippen molar-refractivity contribution in [3.05, 3.63) is 68.5 Å². The lowest BCUT2D eigenvalue weighted by molar-refractivity contribution is -0.173. The van der Waals surface area contributed by atoms with E-state index in [0.717, 1.165) is 15.1 Å². The Morgan fingerprint density at radius 1 is 1.30 bits per heavy atom. The van der Waals surface area contributed by atoms with Gasteiger partial charge in [0.15, 0.2) is 11.7 Å². The van der Waals surface area contributed by atoms with Crippen molar-refractivity contribution in [2.75, 3.05) is 5.32 Å². The molecule has 3 atom stereocenters. The van der Waals surface area contributed by atoms with Crippen LogP contribution in [0.25, 0.3) is 0 Å². The van der Waals surface area contributed by atoms with Crippen LogP contribution < -0.4 is 10.6 Å². The Hall–Kier alpha value is -2.33. The molecule has 158 valence electrons. The van der Waals surface area contributed by atoms with Gasteiger partial charge in [-0.15, -0.1) is 11.3 Å². The minimum absolute atomic E-state index is 0.0821. The van der Waals surface area contributed by atoms with Gasteiger partial charge >= 0.3 is 6.18 Å². The van der Waals surface area contributed by atoms with Gasteiger partial charge in [0.2, 0.25) is 0 Å². The molecule has 2 aromatic heterocycles. The van der Waals surface area contributed by atoms with Gasteiger partial charge in [-0.25, -0.2) is 4.68 Å². The van der Waals surface area contributed by atoms with Crippen LogP contribution >= 0.6 is 27.3 Å². The van der Waals surface area contributed by atoms with Crippen LogP contribution in [0.3, 0.4) is 0 Å². The summed E-state index contributed by atoms with van der Waals surface area (Å²) < 4.78 is 42.5. The molecule has 1 aliphatic heterocycles. The van der Waals surface area contributed by atoms with Gasteiger partial charge in [0, 0.05) is 11.3 Å². The molecule has 1 amide bonds. The standard InChI is InChI=1S/C20H18BrF3N4OS/c1-11(12-6-3-2-4-7-12)25-19(29)17-16(21)18-26-13(14-8-5-9-30-14)10-15(20(22,23)24)28(18)27-17/h2-9,11,13,15,26H,10H2,1H3,(H,25,29)/t11-,13-,15+/m1/s1. The van der Waals surface area contributed by atoms with Crippen LogP contribution in [0.1, 0.15) is 52.4 Å². The van der Waals surface area contributed by atoms with E-state index in [-0.39, 0.29) is 28.4 Å². The maximum absolute atomic E-state index is 13.8. The molecule has 0 radical (unpaired) electrons. The summed E-state index contributed by atoms with van der Waals surface area (Å²) in [4.78, 5) is 13.6. The van der Waals surface area contributed by atoms with E-state index in [2.05, 4.69) is 31.7 Å². The number of aromatic nitrogens is 2. The van der Waals surface area contributed by atoms with Gasteiger partial charge < -0.3 is 10.6 Å². The van der Waals surface area contributed by atoms with E-state index in [1.807, 2.05) is 35.7 Å². The molecule has 30 heavy (non-hydrogen) atoms. The number of nitrogens with zero attached hydrogens (tertiary/aromatic N) is 2. The lowest BCUT2D eigenvalue weighted by Gasteiger charge is -2.33. The van der Waals surface area contributed by atoms with Crippen LogP contribution in [0.15, 0.2) is 52.3 Å². The van der Waals surface area contributed by atoms with Gasteiger partial charge in [0.25, 0.3) is 5.91 Å². The Labute approximate surface area is 183 Å². The zero-order valence-corrected chi connectivity index (χ0v) is 18.2. The number of carbonyl (C=O) groups is 1. The number of alkyl halides is 3. The Morgan fingerprint density at radius 2 is 2.03 bits per heavy atom. The molecule has 1 aliphatic rings. The summed E-state index contributed by atoms with van der Waals surface area (Å²) in [6, 6.07) is 10.2. The molecule has 10 heteroatoms. The number of hydrogen-bond acceptors (Lipinski definition) is 4. The summed E-state index contributed by atoms with van der Waals surface area (Å²) in [7, 11) is 0. The molecule has 1 aromatic carbocycles. The summed E-state index contributed by atoms with van der Waals surface area (Å²) in [6.45, 7) is 1.81. The predicted molar refractivity (Wildman–Crippen MR) is 113 cm³/mol. The molecule has 0 aliphatic carbocycles. The molecular weight excluding hydrogens is 481 g/mol. The van der Waals surface area contributed by atoms with Crippen molar-refractivity contribution >= 4 is 39.0 Å². The molecule has 0 unspecified atom stereocenters. The van der Waals surface area contributed by atoms with Crippen LogP contribution in [0.2, 0.25) is 0 Å². The normalized spacial score (nSPS) is 19.6. The average molecular weight is 499 g/mol. The molecule has 4 rings (SSSR count). The third-order valence-electron chi connectivity index (χ3n) is 5.04. The average Bonchev–Trinajstić information content (AvgIpc) is 3.36. The second-order valence-electron chi connectivity index (χ2n) is 7.07. The highest BCUT2D eigenvalue weighted by molar-refractivity contribution is 9.10. The van der Waals surface area contributed by atoms with E-state index in [1.54, 1.807) is 19.1 Å². The number of carbonyl (C=O) groups excluding carboxylic acids is 1. The number of anilines is 1. The first-order valence-electron chi connectivity index (χ1n) is 9.26. The van der Waals surface area contributed by atoms with Crippen molar-refractivity contribution in [1.29, 1.82) is 0 Å². The second kappa shape index (κ2) is 8.07. The second-order valence-corrected chi connectivity index (χ2v) is 8.84. The number of thiophene rings is 1. The van der Waals surface area contributed by atoms with E-state index in [0.29, 0.717) is 0 Å². The fourth-order valence-electron chi connectivity index (χ4n) is 3.50. The SMILES string of the molecule is C[C@@H](NC(=O)c1nn2c(c1Br)N[C@@H](c1cccs1)C[C@H]2C(F)(F)F)c1ccccc1. The summed E-state index contributed by atoms with van der Waals surface area (Å²) in [5, 5.41) is 11.8. The van der Waals surface area contributed by atoms with Crippen molar-refractivity contribution in [2.24, 2.45) is 0 Å². The van der Waals surface area contributed by atoms with Gasteiger partial charge in [-0.3, -0.25) is 4.79 Å². The van der Waals surface area contributed by atoms with Crippen molar-refractivity contribution in [2.45, 2.75) is 37.6 Å². The summed E-state index contributed by atoms with van der Waals surface area (Å²) in [5.41, 5.74) is 0.802. The third kappa shape index (κ3) is 3.98. The Morgan fingerprint density at radius 3 is 2.67 bits per heavy atom. The first-order chi connectivity index (χ1) is 14.3. The number of nitrogens with one attached hydrogen (secondary N) is 2. The molecular formula is C20H18BrF3N4OS. The van der Waals surface area contributed by atoms with E-state index >= 15 is 0 Å². The molecule has 0 bridgehead atoms. The molecule has 0 spiro atoms. The number of halogens is 4. The van der Waals surface area contributed by atoms with Crippen molar-refractivity contribution in [1.82, 2.24) is 15.1 Å². The third-order valence-corrected chi connectivity index (χ3v) is 6.78. The van der Waals surface area contributed by atoms with Gasteiger partial charge in [-0.05, 0) is 39.9 Å². The summed E-state index contributed by atoms with van der Waals surface area (Å²) in [6.07, 6.45) is -4.70. The lowest BCUT2D eigenvalue weighted by atomic mass is 10.0. The number of fused-ring (bicyclic) bond motifs is 1. The summed E-state index contributed by atoms with van der Waals surface area (Å²) >= 11 is 4.69. The van der Waals surface area contributed by atoms with Crippen molar-refractivity contribution < 1.29 is 18.0 Å². The van der Waals surface area contributed by atoms with Gasteiger partial charge in [-0.2, -0.15) is 18.3 Å². The number of amides is 1. The maximum atomic E-state index is 13.8. The fourth-order valence-corrected chi connectivity index (χ4v) is 4.85. The highest BCUT2D eigenvalue weighted by Gasteiger charge is 2.48. The zero-order chi connectivity index (χ0) is 21.5. The van der Waals surface area contributed by atoms with Crippen LogP contribution in [0, 0.1) is 0 Å². The van der Waals surface area contributed by atoms with Gasteiger partial charge in [-0.1, -0.05) is 36.4 Å². The zero-order valence-electron chi connectivity index (χ0n) is 15.8. The maximum Gasteiger partial charge on any atom is 0.410 e. The fraction of sp³-hybridized carbons (Fsp3) is 0.300. The molecule has 3 heterocycles. The smallest absolute Gasteiger partial charge is 0.362 e. The number of benzene rings is 1. The van der Waals surface area contributed by atoms with Crippen LogP contribution in [-0.2, 0) is 0 Å². The minimum Gasteiger partial charge on any atom is -0.362 e. The highest BCUT2D eigenvalue weighted by atomic mass is 79.9.